The number of aromatic nitrogens is 5. The lowest BCUT2D eigenvalue weighted by atomic mass is 9.89. The molecule has 0 spiro atoms. The molecule has 1 aliphatic carbocycles. The molecule has 9 heteroatoms. The van der Waals surface area contributed by atoms with E-state index in [1.807, 2.05) is 12.4 Å². The van der Waals surface area contributed by atoms with Gasteiger partial charge in [0, 0.05) is 45.5 Å². The molecule has 4 heterocycles. The predicted octanol–water partition coefficient (Wildman–Crippen LogP) is 1.95. The fraction of sp³-hybridized carbons (Fsp3) is 0.619. The first kappa shape index (κ1) is 19.4. The van der Waals surface area contributed by atoms with E-state index in [0.717, 1.165) is 43.0 Å². The Morgan fingerprint density at radius 3 is 2.77 bits per heavy atom. The molecule has 0 aromatic carbocycles. The molecule has 160 valence electrons. The molecule has 1 aliphatic heterocycles. The number of aryl methyl sites for hydroxylation is 1. The van der Waals surface area contributed by atoms with Crippen molar-refractivity contribution in [3.8, 4) is 11.5 Å². The average Bonchev–Trinajstić information content (AvgIpc) is 3.47. The number of piperazine rings is 1. The van der Waals surface area contributed by atoms with Crippen LogP contribution >= 0.6 is 0 Å². The van der Waals surface area contributed by atoms with E-state index in [1.165, 1.54) is 44.5 Å². The first-order valence-electron chi connectivity index (χ1n) is 11.1. The Labute approximate surface area is 176 Å². The first-order chi connectivity index (χ1) is 14.7. The Bertz CT molecular complexity index is 1010. The highest BCUT2D eigenvalue weighted by atomic mass is 16.6. The van der Waals surface area contributed by atoms with Crippen LogP contribution in [0.2, 0.25) is 0 Å². The summed E-state index contributed by atoms with van der Waals surface area (Å²) >= 11 is 0. The summed E-state index contributed by atoms with van der Waals surface area (Å²) in [6, 6.07) is 0. The Morgan fingerprint density at radius 1 is 1.17 bits per heavy atom. The van der Waals surface area contributed by atoms with Crippen molar-refractivity contribution in [1.82, 2.24) is 35.1 Å². The number of nitrogens with one attached hydrogen (secondary N) is 1. The van der Waals surface area contributed by atoms with Gasteiger partial charge in [-0.25, -0.2) is 9.61 Å². The van der Waals surface area contributed by atoms with Gasteiger partial charge in [0.15, 0.2) is 17.3 Å². The van der Waals surface area contributed by atoms with Gasteiger partial charge >= 0.3 is 0 Å². The molecule has 1 saturated carbocycles. The van der Waals surface area contributed by atoms with Gasteiger partial charge in [-0.3, -0.25) is 4.98 Å². The van der Waals surface area contributed by atoms with Crippen LogP contribution in [0.4, 0.5) is 5.82 Å². The number of nitrogens with zero attached hydrogens (tertiary/aromatic N) is 6. The van der Waals surface area contributed by atoms with Crippen LogP contribution in [0.25, 0.3) is 22.6 Å². The molecule has 2 fully saturated rings. The summed E-state index contributed by atoms with van der Waals surface area (Å²) in [5, 5.41) is 11.2. The van der Waals surface area contributed by atoms with Gasteiger partial charge in [-0.1, -0.05) is 6.42 Å². The zero-order valence-electron chi connectivity index (χ0n) is 17.5. The minimum Gasteiger partial charge on any atom is -0.379 e. The molecule has 0 amide bonds. The third-order valence-corrected chi connectivity index (χ3v) is 6.77. The quantitative estimate of drug-likeness (QED) is 0.634. The van der Waals surface area contributed by atoms with E-state index in [4.69, 9.17) is 15.3 Å². The maximum atomic E-state index is 5.95. The molecular weight excluding hydrogens is 380 g/mol. The second-order valence-corrected chi connectivity index (χ2v) is 8.55. The minimum absolute atomic E-state index is 0.265. The van der Waals surface area contributed by atoms with Crippen LogP contribution in [0.5, 0.6) is 0 Å². The van der Waals surface area contributed by atoms with Gasteiger partial charge < -0.3 is 20.5 Å². The molecule has 3 aromatic heterocycles. The average molecular weight is 411 g/mol. The van der Waals surface area contributed by atoms with Crippen molar-refractivity contribution >= 4 is 16.9 Å². The lowest BCUT2D eigenvalue weighted by Crippen LogP contribution is -2.45. The monoisotopic (exact) mass is 410 g/mol. The van der Waals surface area contributed by atoms with Gasteiger partial charge in [0.05, 0.1) is 11.7 Å². The second kappa shape index (κ2) is 8.31. The van der Waals surface area contributed by atoms with Crippen LogP contribution in [0, 0.1) is 11.8 Å². The van der Waals surface area contributed by atoms with Gasteiger partial charge in [-0.2, -0.15) is 0 Å². The highest BCUT2D eigenvalue weighted by Gasteiger charge is 2.30. The summed E-state index contributed by atoms with van der Waals surface area (Å²) in [6.45, 7) is 8.65. The van der Waals surface area contributed by atoms with Crippen molar-refractivity contribution in [3.63, 3.8) is 0 Å². The predicted molar refractivity (Wildman–Crippen MR) is 115 cm³/mol. The number of nitrogens with two attached hydrogens (primary N) is 1. The molecule has 9 nitrogen and oxygen atoms in total. The SMILES string of the molecule is CCn1c(-c2nonc2N)nc2cncc(CC3CCCC3CN3CCNCC3)c21. The largest absolute Gasteiger partial charge is 0.379 e. The van der Waals surface area contributed by atoms with Gasteiger partial charge in [-0.15, -0.1) is 0 Å². The van der Waals surface area contributed by atoms with E-state index < -0.39 is 0 Å². The lowest BCUT2D eigenvalue weighted by Gasteiger charge is -2.31. The molecule has 30 heavy (non-hydrogen) atoms. The zero-order valence-corrected chi connectivity index (χ0v) is 17.5. The molecule has 5 rings (SSSR count). The standard InChI is InChI=1S/C21H30N8O/c1-2-29-19-16(10-14-4-3-5-15(14)13-28-8-6-23-7-9-28)11-24-12-17(19)25-21(29)18-20(22)27-30-26-18/h11-12,14-15,23H,2-10,13H2,1H3,(H2,22,27). The molecule has 3 N–H and O–H groups in total. The first-order valence-corrected chi connectivity index (χ1v) is 11.1. The molecule has 2 unspecified atom stereocenters. The van der Waals surface area contributed by atoms with Crippen LogP contribution < -0.4 is 11.1 Å². The van der Waals surface area contributed by atoms with Gasteiger partial charge in [-0.05, 0) is 53.9 Å². The number of fused-ring (bicyclic) bond motifs is 1. The molecule has 2 atom stereocenters. The smallest absolute Gasteiger partial charge is 0.199 e. The second-order valence-electron chi connectivity index (χ2n) is 8.55. The lowest BCUT2D eigenvalue weighted by molar-refractivity contribution is 0.185. The number of rotatable bonds is 6. The third kappa shape index (κ3) is 3.56. The normalized spacial score (nSPS) is 22.8. The molecule has 0 radical (unpaired) electrons. The van der Waals surface area contributed by atoms with Crippen molar-refractivity contribution in [2.24, 2.45) is 11.8 Å². The number of nitrogen functional groups attached to an aromatic ring is 1. The summed E-state index contributed by atoms with van der Waals surface area (Å²) in [5.74, 6) is 2.41. The summed E-state index contributed by atoms with van der Waals surface area (Å²) in [6.07, 6.45) is 8.83. The van der Waals surface area contributed by atoms with Crippen LogP contribution in [-0.4, -0.2) is 62.5 Å². The molecule has 3 aromatic rings. The number of hydrogen-bond acceptors (Lipinski definition) is 8. The number of imidazole rings is 1. The Balaban J connectivity index is 1.44. The Kier molecular flexibility index (Phi) is 5.39. The number of pyridine rings is 1. The van der Waals surface area contributed by atoms with Crippen molar-refractivity contribution in [2.75, 3.05) is 38.5 Å². The van der Waals surface area contributed by atoms with E-state index >= 15 is 0 Å². The minimum atomic E-state index is 0.265. The van der Waals surface area contributed by atoms with Crippen LogP contribution in [0.3, 0.4) is 0 Å². The van der Waals surface area contributed by atoms with Gasteiger partial charge in [0.2, 0.25) is 0 Å². The van der Waals surface area contributed by atoms with E-state index in [2.05, 4.69) is 37.0 Å². The Hall–Kier alpha value is -2.52. The topological polar surface area (TPSA) is 111 Å². The molecule has 2 aliphatic rings. The molecule has 1 saturated heterocycles. The highest BCUT2D eigenvalue weighted by Crippen LogP contribution is 2.37. The van der Waals surface area contributed by atoms with E-state index in [9.17, 15) is 0 Å². The van der Waals surface area contributed by atoms with Crippen LogP contribution in [0.15, 0.2) is 17.0 Å². The highest BCUT2D eigenvalue weighted by molar-refractivity contribution is 5.83. The third-order valence-electron chi connectivity index (χ3n) is 6.77. The summed E-state index contributed by atoms with van der Waals surface area (Å²) in [4.78, 5) is 11.9. The summed E-state index contributed by atoms with van der Waals surface area (Å²) in [7, 11) is 0. The van der Waals surface area contributed by atoms with E-state index in [0.29, 0.717) is 17.4 Å². The summed E-state index contributed by atoms with van der Waals surface area (Å²) in [5.41, 5.74) is 9.73. The van der Waals surface area contributed by atoms with Crippen molar-refractivity contribution < 1.29 is 4.63 Å². The zero-order chi connectivity index (χ0) is 20.5. The maximum Gasteiger partial charge on any atom is 0.199 e. The van der Waals surface area contributed by atoms with E-state index in [-0.39, 0.29) is 5.82 Å². The van der Waals surface area contributed by atoms with Crippen molar-refractivity contribution in [3.05, 3.63) is 18.0 Å². The van der Waals surface area contributed by atoms with Gasteiger partial charge in [0.25, 0.3) is 0 Å². The number of anilines is 1. The van der Waals surface area contributed by atoms with Crippen molar-refractivity contribution in [2.45, 2.75) is 39.2 Å². The molecule has 0 bridgehead atoms. The summed E-state index contributed by atoms with van der Waals surface area (Å²) < 4.78 is 6.99. The molecular formula is C21H30N8O. The fourth-order valence-corrected chi connectivity index (χ4v) is 5.28. The van der Waals surface area contributed by atoms with E-state index in [1.54, 1.807) is 0 Å². The maximum absolute atomic E-state index is 5.95. The van der Waals surface area contributed by atoms with Crippen molar-refractivity contribution in [1.29, 1.82) is 0 Å². The van der Waals surface area contributed by atoms with Crippen LogP contribution in [-0.2, 0) is 13.0 Å². The Morgan fingerprint density at radius 2 is 2.00 bits per heavy atom. The van der Waals surface area contributed by atoms with Gasteiger partial charge in [0.1, 0.15) is 5.52 Å². The fourth-order valence-electron chi connectivity index (χ4n) is 5.28. The number of hydrogen-bond donors (Lipinski definition) is 2. The van der Waals surface area contributed by atoms with Crippen LogP contribution in [0.1, 0.15) is 31.7 Å².